The van der Waals surface area contributed by atoms with E-state index in [0.717, 1.165) is 17.0 Å². The lowest BCUT2D eigenvalue weighted by Gasteiger charge is -2.11. The van der Waals surface area contributed by atoms with Gasteiger partial charge in [0.25, 0.3) is 11.5 Å². The molecule has 3 rings (SSSR count). The van der Waals surface area contributed by atoms with Gasteiger partial charge in [0.05, 0.1) is 17.5 Å². The molecule has 0 unspecified atom stereocenters. The van der Waals surface area contributed by atoms with Crippen LogP contribution in [0.3, 0.4) is 0 Å². The number of carbonyl (C=O) groups excluding carboxylic acids is 2. The van der Waals surface area contributed by atoms with Crippen molar-refractivity contribution >= 4 is 22.6 Å². The van der Waals surface area contributed by atoms with Crippen LogP contribution in [-0.2, 0) is 24.8 Å². The van der Waals surface area contributed by atoms with Gasteiger partial charge in [-0.3, -0.25) is 29.9 Å². The number of hydrogen-bond acceptors (Lipinski definition) is 5. The molecule has 146 valence electrons. The molecule has 0 bridgehead atoms. The monoisotopic (exact) mass is 382 g/mol. The second-order valence-electron chi connectivity index (χ2n) is 6.47. The van der Waals surface area contributed by atoms with Crippen molar-refractivity contribution in [1.82, 2.24) is 30.4 Å². The lowest BCUT2D eigenvalue weighted by atomic mass is 10.1. The van der Waals surface area contributed by atoms with Crippen molar-refractivity contribution in [2.24, 2.45) is 7.05 Å². The first-order chi connectivity index (χ1) is 13.3. The summed E-state index contributed by atoms with van der Waals surface area (Å²) in [5.74, 6) is -0.966. The van der Waals surface area contributed by atoms with Gasteiger partial charge in [-0.2, -0.15) is 10.2 Å². The van der Waals surface area contributed by atoms with Gasteiger partial charge in [0.2, 0.25) is 5.91 Å². The van der Waals surface area contributed by atoms with E-state index in [-0.39, 0.29) is 23.6 Å². The van der Waals surface area contributed by atoms with Gasteiger partial charge < -0.3 is 0 Å². The molecule has 3 aromatic rings. The summed E-state index contributed by atoms with van der Waals surface area (Å²) in [6.07, 6.45) is 0.0917. The maximum Gasteiger partial charge on any atom is 0.290 e. The lowest BCUT2D eigenvalue weighted by Crippen LogP contribution is -2.43. The van der Waals surface area contributed by atoms with E-state index in [1.54, 1.807) is 35.9 Å². The van der Waals surface area contributed by atoms with Crippen LogP contribution in [0.1, 0.15) is 34.4 Å². The molecule has 0 radical (unpaired) electrons. The molecule has 0 aliphatic heterocycles. The first kappa shape index (κ1) is 19.3. The minimum atomic E-state index is -0.591. The smallest absolute Gasteiger partial charge is 0.273 e. The standard InChI is InChI=1S/C19H22N6O3/c1-5-25-19(28)14-9-7-6-8-13(14)17(23-25)18(27)21-20-16(26)10-15-11(2)22-24(4)12(15)3/h6-9H,5,10H2,1-4H3,(H,20,26)(H,21,27). The summed E-state index contributed by atoms with van der Waals surface area (Å²) in [7, 11) is 1.81. The fourth-order valence-corrected chi connectivity index (χ4v) is 3.08. The Labute approximate surface area is 161 Å². The summed E-state index contributed by atoms with van der Waals surface area (Å²) in [6, 6.07) is 6.76. The van der Waals surface area contributed by atoms with Gasteiger partial charge in [-0.25, -0.2) is 4.68 Å². The van der Waals surface area contributed by atoms with Crippen LogP contribution in [0, 0.1) is 13.8 Å². The van der Waals surface area contributed by atoms with Crippen LogP contribution < -0.4 is 16.4 Å². The number of amides is 2. The Morgan fingerprint density at radius 3 is 2.36 bits per heavy atom. The van der Waals surface area contributed by atoms with Crippen LogP contribution in [0.2, 0.25) is 0 Å². The van der Waals surface area contributed by atoms with E-state index < -0.39 is 5.91 Å². The molecule has 0 fully saturated rings. The highest BCUT2D eigenvalue weighted by molar-refractivity contribution is 6.05. The van der Waals surface area contributed by atoms with Crippen molar-refractivity contribution in [3.8, 4) is 0 Å². The summed E-state index contributed by atoms with van der Waals surface area (Å²) in [5.41, 5.74) is 7.08. The molecule has 2 aromatic heterocycles. The first-order valence-electron chi connectivity index (χ1n) is 8.91. The Kier molecular flexibility index (Phi) is 5.25. The Morgan fingerprint density at radius 2 is 1.75 bits per heavy atom. The topological polar surface area (TPSA) is 111 Å². The van der Waals surface area contributed by atoms with E-state index in [2.05, 4.69) is 21.0 Å². The number of aromatic nitrogens is 4. The van der Waals surface area contributed by atoms with Gasteiger partial charge in [0, 0.05) is 30.2 Å². The molecule has 1 aromatic carbocycles. The highest BCUT2D eigenvalue weighted by atomic mass is 16.2. The second kappa shape index (κ2) is 7.63. The molecule has 9 nitrogen and oxygen atoms in total. The van der Waals surface area contributed by atoms with Gasteiger partial charge in [0.1, 0.15) is 0 Å². The fraction of sp³-hybridized carbons (Fsp3) is 0.316. The Bertz CT molecular complexity index is 1130. The molecule has 0 spiro atoms. The van der Waals surface area contributed by atoms with Gasteiger partial charge in [-0.15, -0.1) is 0 Å². The average Bonchev–Trinajstić information content (AvgIpc) is 2.92. The van der Waals surface area contributed by atoms with Crippen LogP contribution in [0.4, 0.5) is 0 Å². The van der Waals surface area contributed by atoms with Crippen molar-refractivity contribution < 1.29 is 9.59 Å². The zero-order valence-corrected chi connectivity index (χ0v) is 16.2. The number of carbonyl (C=O) groups is 2. The third-order valence-corrected chi connectivity index (χ3v) is 4.69. The van der Waals surface area contributed by atoms with Crippen molar-refractivity contribution in [1.29, 1.82) is 0 Å². The van der Waals surface area contributed by atoms with Crippen LogP contribution in [0.5, 0.6) is 0 Å². The number of nitrogens with zero attached hydrogens (tertiary/aromatic N) is 4. The Balaban J connectivity index is 1.79. The SMILES string of the molecule is CCn1nc(C(=O)NNC(=O)Cc2c(C)nn(C)c2C)c2ccccc2c1=O. The normalized spacial score (nSPS) is 10.9. The van der Waals surface area contributed by atoms with E-state index in [9.17, 15) is 14.4 Å². The average molecular weight is 382 g/mol. The third-order valence-electron chi connectivity index (χ3n) is 4.69. The molecule has 28 heavy (non-hydrogen) atoms. The number of hydrogen-bond donors (Lipinski definition) is 2. The van der Waals surface area contributed by atoms with Crippen LogP contribution in [0.15, 0.2) is 29.1 Å². The lowest BCUT2D eigenvalue weighted by molar-refractivity contribution is -0.121. The number of hydrazine groups is 1. The predicted octanol–water partition coefficient (Wildman–Crippen LogP) is 0.770. The van der Waals surface area contributed by atoms with E-state index in [1.165, 1.54) is 4.68 Å². The number of fused-ring (bicyclic) bond motifs is 1. The Morgan fingerprint density at radius 1 is 1.07 bits per heavy atom. The van der Waals surface area contributed by atoms with Crippen molar-refractivity contribution in [2.75, 3.05) is 0 Å². The molecular weight excluding hydrogens is 360 g/mol. The van der Waals surface area contributed by atoms with E-state index in [1.807, 2.05) is 20.9 Å². The van der Waals surface area contributed by atoms with Gasteiger partial charge in [-0.05, 0) is 26.8 Å². The molecule has 2 N–H and O–H groups in total. The summed E-state index contributed by atoms with van der Waals surface area (Å²) in [4.78, 5) is 37.2. The number of aryl methyl sites for hydroxylation is 3. The summed E-state index contributed by atoms with van der Waals surface area (Å²) in [6.45, 7) is 5.81. The molecule has 0 aliphatic carbocycles. The quantitative estimate of drug-likeness (QED) is 0.648. The number of benzene rings is 1. The minimum Gasteiger partial charge on any atom is -0.273 e. The highest BCUT2D eigenvalue weighted by Gasteiger charge is 2.18. The Hall–Kier alpha value is -3.49. The maximum absolute atomic E-state index is 12.6. The number of rotatable bonds is 4. The third kappa shape index (κ3) is 3.51. The minimum absolute atomic E-state index is 0.0751. The second-order valence-corrected chi connectivity index (χ2v) is 6.47. The molecule has 0 saturated carbocycles. The molecule has 0 saturated heterocycles. The highest BCUT2D eigenvalue weighted by Crippen LogP contribution is 2.14. The van der Waals surface area contributed by atoms with Crippen LogP contribution in [-0.4, -0.2) is 31.4 Å². The van der Waals surface area contributed by atoms with Crippen molar-refractivity contribution in [3.05, 3.63) is 57.3 Å². The summed E-state index contributed by atoms with van der Waals surface area (Å²) >= 11 is 0. The zero-order chi connectivity index (χ0) is 20.4. The summed E-state index contributed by atoms with van der Waals surface area (Å²) in [5, 5.41) is 9.25. The van der Waals surface area contributed by atoms with Crippen LogP contribution >= 0.6 is 0 Å². The van der Waals surface area contributed by atoms with E-state index >= 15 is 0 Å². The zero-order valence-electron chi connectivity index (χ0n) is 16.2. The van der Waals surface area contributed by atoms with Gasteiger partial charge in [-0.1, -0.05) is 18.2 Å². The molecule has 2 heterocycles. The molecular formula is C19H22N6O3. The van der Waals surface area contributed by atoms with Crippen molar-refractivity contribution in [3.63, 3.8) is 0 Å². The maximum atomic E-state index is 12.6. The fourth-order valence-electron chi connectivity index (χ4n) is 3.08. The largest absolute Gasteiger partial charge is 0.290 e. The molecule has 0 atom stereocenters. The van der Waals surface area contributed by atoms with Gasteiger partial charge in [0.15, 0.2) is 5.69 Å². The molecule has 0 aliphatic rings. The first-order valence-corrected chi connectivity index (χ1v) is 8.91. The van der Waals surface area contributed by atoms with E-state index in [4.69, 9.17) is 0 Å². The number of nitrogens with one attached hydrogen (secondary N) is 2. The van der Waals surface area contributed by atoms with Crippen molar-refractivity contribution in [2.45, 2.75) is 33.7 Å². The molecule has 9 heteroatoms. The predicted molar refractivity (Wildman–Crippen MR) is 104 cm³/mol. The van der Waals surface area contributed by atoms with Crippen LogP contribution in [0.25, 0.3) is 10.8 Å². The van der Waals surface area contributed by atoms with E-state index in [0.29, 0.717) is 17.3 Å². The summed E-state index contributed by atoms with van der Waals surface area (Å²) < 4.78 is 2.93. The molecule has 2 amide bonds. The van der Waals surface area contributed by atoms with Gasteiger partial charge >= 0.3 is 0 Å².